The van der Waals surface area contributed by atoms with Crippen molar-refractivity contribution in [3.05, 3.63) is 0 Å². The maximum absolute atomic E-state index is 9.73. The lowest BCUT2D eigenvalue weighted by atomic mass is 9.98. The van der Waals surface area contributed by atoms with Crippen LogP contribution < -0.4 is 5.32 Å². The molecule has 0 aliphatic carbocycles. The van der Waals surface area contributed by atoms with Crippen LogP contribution in [0.4, 0.5) is 0 Å². The molecule has 0 unspecified atom stereocenters. The lowest BCUT2D eigenvalue weighted by Gasteiger charge is -2.25. The molecular weight excluding hydrogens is 114 g/mol. The Hall–Kier alpha value is -0.0800. The van der Waals surface area contributed by atoms with E-state index in [4.69, 9.17) is 4.11 Å². The fourth-order valence-corrected chi connectivity index (χ4v) is 1.16. The van der Waals surface area contributed by atoms with E-state index in [1.54, 1.807) is 0 Å². The van der Waals surface area contributed by atoms with Gasteiger partial charge in [-0.25, -0.2) is 0 Å². The van der Waals surface area contributed by atoms with Crippen LogP contribution in [0, 0.1) is 0 Å². The van der Waals surface area contributed by atoms with Gasteiger partial charge in [0.1, 0.15) is 0 Å². The Morgan fingerprint density at radius 3 is 3.11 bits per heavy atom. The minimum Gasteiger partial charge on any atom is -0.389 e. The fraction of sp³-hybridized carbons (Fsp3) is 1.00. The zero-order valence-electron chi connectivity index (χ0n) is 8.65. The summed E-state index contributed by atoms with van der Waals surface area (Å²) >= 11 is 0. The first-order chi connectivity index (χ1) is 5.36. The molecule has 9 heavy (non-hydrogen) atoms. The highest BCUT2D eigenvalue weighted by molar-refractivity contribution is 4.87. The second-order valence-corrected chi connectivity index (χ2v) is 2.80. The summed E-state index contributed by atoms with van der Waals surface area (Å²) in [5.41, 5.74) is -1.59. The molecular formula is C7H15NO. The minimum absolute atomic E-state index is 0.287. The van der Waals surface area contributed by atoms with Gasteiger partial charge in [-0.3, -0.25) is 0 Å². The lowest BCUT2D eigenvalue weighted by Crippen LogP contribution is -2.42. The van der Waals surface area contributed by atoms with E-state index in [1.807, 2.05) is 0 Å². The van der Waals surface area contributed by atoms with Crippen LogP contribution in [0.3, 0.4) is 0 Å². The van der Waals surface area contributed by atoms with Crippen molar-refractivity contribution < 1.29 is 9.22 Å². The highest BCUT2D eigenvalue weighted by atomic mass is 16.3. The van der Waals surface area contributed by atoms with E-state index in [1.165, 1.54) is 6.92 Å². The Bertz CT molecular complexity index is 161. The van der Waals surface area contributed by atoms with E-state index in [9.17, 15) is 5.11 Å². The molecule has 1 aliphatic rings. The van der Waals surface area contributed by atoms with Crippen molar-refractivity contribution in [1.82, 2.24) is 5.32 Å². The minimum atomic E-state index is -2.30. The van der Waals surface area contributed by atoms with Gasteiger partial charge in [-0.05, 0) is 33.2 Å². The van der Waals surface area contributed by atoms with Crippen LogP contribution >= 0.6 is 0 Å². The maximum atomic E-state index is 9.73. The average Bonchev–Trinajstić information content (AvgIpc) is 2.34. The average molecular weight is 132 g/mol. The predicted molar refractivity (Wildman–Crippen MR) is 37.3 cm³/mol. The van der Waals surface area contributed by atoms with Crippen LogP contribution in [0.2, 0.25) is 0 Å². The molecule has 1 saturated heterocycles. The van der Waals surface area contributed by atoms with Crippen molar-refractivity contribution >= 4 is 0 Å². The second-order valence-electron chi connectivity index (χ2n) is 2.80. The molecule has 1 rings (SSSR count). The third-order valence-electron chi connectivity index (χ3n) is 1.74. The third kappa shape index (κ3) is 1.66. The van der Waals surface area contributed by atoms with Crippen LogP contribution in [0.5, 0.6) is 0 Å². The summed E-state index contributed by atoms with van der Waals surface area (Å²) in [6.45, 7) is -0.116. The topological polar surface area (TPSA) is 32.3 Å². The summed E-state index contributed by atoms with van der Waals surface area (Å²) in [5.74, 6) is 0. The molecule has 0 aromatic heterocycles. The summed E-state index contributed by atoms with van der Waals surface area (Å²) in [6, 6.07) is -0.287. The predicted octanol–water partition coefficient (Wildman–Crippen LogP) is 0.509. The van der Waals surface area contributed by atoms with Gasteiger partial charge in [0.15, 0.2) is 0 Å². The molecule has 54 valence electrons. The quantitative estimate of drug-likeness (QED) is 0.545. The first-order valence-electron chi connectivity index (χ1n) is 4.81. The fourth-order valence-electron chi connectivity index (χ4n) is 1.16. The van der Waals surface area contributed by atoms with Crippen molar-refractivity contribution in [3.63, 3.8) is 0 Å². The van der Waals surface area contributed by atoms with Crippen LogP contribution in [0.15, 0.2) is 0 Å². The zero-order valence-corrected chi connectivity index (χ0v) is 5.65. The molecule has 1 heterocycles. The van der Waals surface area contributed by atoms with E-state index in [0.717, 1.165) is 19.4 Å². The normalized spacial score (nSPS) is 40.7. The Labute approximate surface area is 60.5 Å². The highest BCUT2D eigenvalue weighted by Gasteiger charge is 2.28. The molecule has 1 aliphatic heterocycles. The molecule has 0 bridgehead atoms. The van der Waals surface area contributed by atoms with E-state index < -0.39 is 12.5 Å². The van der Waals surface area contributed by atoms with Crippen molar-refractivity contribution in [3.8, 4) is 0 Å². The van der Waals surface area contributed by atoms with Gasteiger partial charge in [0.05, 0.1) is 5.60 Å². The van der Waals surface area contributed by atoms with Gasteiger partial charge in [0.25, 0.3) is 0 Å². The molecule has 0 amide bonds. The van der Waals surface area contributed by atoms with Crippen molar-refractivity contribution in [2.24, 2.45) is 0 Å². The Kier molecular flexibility index (Phi) is 0.994. The van der Waals surface area contributed by atoms with Crippen molar-refractivity contribution in [2.75, 3.05) is 6.54 Å². The van der Waals surface area contributed by atoms with E-state index in [2.05, 4.69) is 5.32 Å². The summed E-state index contributed by atoms with van der Waals surface area (Å²) in [6.07, 6.45) is 1.68. The van der Waals surface area contributed by atoms with Gasteiger partial charge in [0.2, 0.25) is 0 Å². The largest absolute Gasteiger partial charge is 0.389 e. The van der Waals surface area contributed by atoms with Crippen LogP contribution in [-0.4, -0.2) is 23.3 Å². The zero-order chi connectivity index (χ0) is 9.41. The second kappa shape index (κ2) is 2.27. The highest BCUT2D eigenvalue weighted by Crippen LogP contribution is 2.17. The number of aliphatic hydroxyl groups is 1. The SMILES string of the molecule is [2H]C([2H])([2H])[C@](C)(O)[C@@H]1CCCN1. The molecule has 2 heteroatoms. The number of hydrogen-bond donors (Lipinski definition) is 2. The molecule has 0 radical (unpaired) electrons. The Morgan fingerprint density at radius 2 is 2.67 bits per heavy atom. The summed E-state index contributed by atoms with van der Waals surface area (Å²) in [5, 5.41) is 12.7. The van der Waals surface area contributed by atoms with Gasteiger partial charge in [0, 0.05) is 10.2 Å². The maximum Gasteiger partial charge on any atom is 0.0744 e. The summed E-state index contributed by atoms with van der Waals surface area (Å²) < 4.78 is 21.4. The monoisotopic (exact) mass is 132 g/mol. The summed E-state index contributed by atoms with van der Waals surface area (Å²) in [7, 11) is 0. The van der Waals surface area contributed by atoms with Crippen LogP contribution in [0.25, 0.3) is 0 Å². The molecule has 1 fully saturated rings. The van der Waals surface area contributed by atoms with Gasteiger partial charge in [-0.15, -0.1) is 0 Å². The molecule has 0 spiro atoms. The van der Waals surface area contributed by atoms with E-state index in [0.29, 0.717) is 0 Å². The van der Waals surface area contributed by atoms with Gasteiger partial charge < -0.3 is 10.4 Å². The van der Waals surface area contributed by atoms with Gasteiger partial charge in [-0.2, -0.15) is 0 Å². The van der Waals surface area contributed by atoms with E-state index in [-0.39, 0.29) is 6.04 Å². The molecule has 0 saturated carbocycles. The first-order valence-corrected chi connectivity index (χ1v) is 3.31. The molecule has 2 N–H and O–H groups in total. The Morgan fingerprint density at radius 1 is 1.89 bits per heavy atom. The van der Waals surface area contributed by atoms with Crippen molar-refractivity contribution in [2.45, 2.75) is 38.3 Å². The van der Waals surface area contributed by atoms with Crippen LogP contribution in [-0.2, 0) is 0 Å². The number of nitrogens with one attached hydrogen (secondary N) is 1. The first kappa shape index (κ1) is 3.94. The van der Waals surface area contributed by atoms with Gasteiger partial charge in [-0.1, -0.05) is 0 Å². The van der Waals surface area contributed by atoms with Crippen LogP contribution in [0.1, 0.15) is 30.7 Å². The van der Waals surface area contributed by atoms with Gasteiger partial charge >= 0.3 is 0 Å². The molecule has 2 atom stereocenters. The molecule has 0 aromatic rings. The van der Waals surface area contributed by atoms with Crippen molar-refractivity contribution in [1.29, 1.82) is 0 Å². The molecule has 2 nitrogen and oxygen atoms in total. The number of hydrogen-bond acceptors (Lipinski definition) is 2. The van der Waals surface area contributed by atoms with E-state index >= 15 is 0 Å². The summed E-state index contributed by atoms with van der Waals surface area (Å²) in [4.78, 5) is 0. The lowest BCUT2D eigenvalue weighted by molar-refractivity contribution is 0.0449. The Balaban J connectivity index is 2.69. The third-order valence-corrected chi connectivity index (χ3v) is 1.74. The number of rotatable bonds is 1. The smallest absolute Gasteiger partial charge is 0.0744 e. The standard InChI is InChI=1S/C7H15NO/c1-7(2,9)6-4-3-5-8-6/h6,8-9H,3-5H2,1-2H3/t6-/m0/s1/i1D3/t6-,7+. The molecule has 0 aromatic carbocycles.